The zero-order valence-electron chi connectivity index (χ0n) is 12.4. The molecule has 2 aliphatic rings. The van der Waals surface area contributed by atoms with E-state index in [4.69, 9.17) is 14.6 Å². The zero-order valence-corrected chi connectivity index (χ0v) is 12.4. The van der Waals surface area contributed by atoms with E-state index in [1.807, 2.05) is 30.3 Å². The van der Waals surface area contributed by atoms with Crippen LogP contribution < -0.4 is 0 Å². The van der Waals surface area contributed by atoms with E-state index in [1.165, 1.54) is 0 Å². The largest absolute Gasteiger partial charge is 0.481 e. The summed E-state index contributed by atoms with van der Waals surface area (Å²) in [5.41, 5.74) is 1.03. The lowest BCUT2D eigenvalue weighted by Gasteiger charge is -2.15. The van der Waals surface area contributed by atoms with Crippen LogP contribution in [0.1, 0.15) is 12.0 Å². The highest BCUT2D eigenvalue weighted by Crippen LogP contribution is 2.20. The molecule has 3 rings (SSSR count). The molecule has 1 amide bonds. The second kappa shape index (κ2) is 8.51. The monoisotopic (exact) mass is 307 g/mol. The van der Waals surface area contributed by atoms with Crippen LogP contribution in [0.4, 0.5) is 0 Å². The molecule has 2 heterocycles. The average molecular weight is 307 g/mol. The maximum atomic E-state index is 11.6. The van der Waals surface area contributed by atoms with Crippen molar-refractivity contribution < 1.29 is 24.2 Å². The Morgan fingerprint density at radius 1 is 1.14 bits per heavy atom. The number of rotatable bonds is 3. The van der Waals surface area contributed by atoms with Gasteiger partial charge < -0.3 is 19.5 Å². The first-order valence-electron chi connectivity index (χ1n) is 7.37. The van der Waals surface area contributed by atoms with Gasteiger partial charge in [-0.25, -0.2) is 0 Å². The Balaban J connectivity index is 0.000000246. The fraction of sp³-hybridized carbons (Fsp3) is 0.500. The first-order valence-corrected chi connectivity index (χ1v) is 7.37. The quantitative estimate of drug-likeness (QED) is 0.906. The van der Waals surface area contributed by atoms with Gasteiger partial charge in [-0.15, -0.1) is 0 Å². The summed E-state index contributed by atoms with van der Waals surface area (Å²) in [6.45, 7) is 3.94. The van der Waals surface area contributed by atoms with Crippen molar-refractivity contribution in [2.24, 2.45) is 5.92 Å². The van der Waals surface area contributed by atoms with Gasteiger partial charge in [-0.3, -0.25) is 9.59 Å². The predicted molar refractivity (Wildman–Crippen MR) is 79.2 cm³/mol. The number of aliphatic carboxylic acids is 1. The number of likely N-dealkylation sites (tertiary alicyclic amines) is 1. The maximum Gasteiger partial charge on any atom is 0.308 e. The van der Waals surface area contributed by atoms with E-state index in [2.05, 4.69) is 0 Å². The van der Waals surface area contributed by atoms with E-state index in [-0.39, 0.29) is 12.3 Å². The third-order valence-electron chi connectivity index (χ3n) is 3.52. The van der Waals surface area contributed by atoms with Crippen LogP contribution in [0.15, 0.2) is 30.3 Å². The van der Waals surface area contributed by atoms with Gasteiger partial charge in [0.15, 0.2) is 0 Å². The summed E-state index contributed by atoms with van der Waals surface area (Å²) in [6, 6.07) is 9.59. The highest BCUT2D eigenvalue weighted by atomic mass is 16.6. The van der Waals surface area contributed by atoms with Gasteiger partial charge >= 0.3 is 5.97 Å². The minimum Gasteiger partial charge on any atom is -0.481 e. The topological polar surface area (TPSA) is 76.1 Å². The number of amides is 1. The molecule has 2 fully saturated rings. The van der Waals surface area contributed by atoms with Crippen molar-refractivity contribution in [1.29, 1.82) is 0 Å². The minimum atomic E-state index is -0.885. The lowest BCUT2D eigenvalue weighted by Crippen LogP contribution is -2.25. The third-order valence-corrected chi connectivity index (χ3v) is 3.52. The van der Waals surface area contributed by atoms with E-state index in [1.54, 1.807) is 4.90 Å². The van der Waals surface area contributed by atoms with Gasteiger partial charge in [0.25, 0.3) is 0 Å². The van der Waals surface area contributed by atoms with Crippen LogP contribution in [-0.2, 0) is 25.6 Å². The number of carbonyl (C=O) groups excluding carboxylic acids is 1. The van der Waals surface area contributed by atoms with E-state index in [0.717, 1.165) is 32.0 Å². The van der Waals surface area contributed by atoms with E-state index in [0.29, 0.717) is 13.1 Å². The second-order valence-electron chi connectivity index (χ2n) is 5.22. The number of carboxylic acids is 1. The van der Waals surface area contributed by atoms with Crippen molar-refractivity contribution in [2.75, 3.05) is 33.0 Å². The number of benzene rings is 1. The molecule has 0 spiro atoms. The number of hydrogen-bond donors (Lipinski definition) is 1. The fourth-order valence-electron chi connectivity index (χ4n) is 2.33. The Labute approximate surface area is 129 Å². The molecule has 0 bridgehead atoms. The molecule has 1 N–H and O–H groups in total. The van der Waals surface area contributed by atoms with Gasteiger partial charge in [0.05, 0.1) is 32.3 Å². The molecular weight excluding hydrogens is 286 g/mol. The molecule has 0 aromatic heterocycles. The molecular formula is C16H21NO5. The van der Waals surface area contributed by atoms with Gasteiger partial charge in [-0.1, -0.05) is 30.3 Å². The summed E-state index contributed by atoms with van der Waals surface area (Å²) in [6.07, 6.45) is 0.127. The van der Waals surface area contributed by atoms with Crippen molar-refractivity contribution in [2.45, 2.75) is 13.0 Å². The van der Waals surface area contributed by atoms with Crippen molar-refractivity contribution in [1.82, 2.24) is 4.90 Å². The number of carboxylic acid groups (broad SMARTS) is 1. The molecule has 120 valence electrons. The minimum absolute atomic E-state index is 0.0729. The smallest absolute Gasteiger partial charge is 0.308 e. The normalized spacial score (nSPS) is 21.2. The van der Waals surface area contributed by atoms with Gasteiger partial charge in [-0.2, -0.15) is 0 Å². The van der Waals surface area contributed by atoms with Crippen molar-refractivity contribution in [3.63, 3.8) is 0 Å². The molecule has 0 saturated carbocycles. The van der Waals surface area contributed by atoms with Crippen LogP contribution in [0.5, 0.6) is 0 Å². The molecule has 2 saturated heterocycles. The molecule has 22 heavy (non-hydrogen) atoms. The Morgan fingerprint density at radius 3 is 2.18 bits per heavy atom. The van der Waals surface area contributed by atoms with Crippen molar-refractivity contribution >= 4 is 11.9 Å². The van der Waals surface area contributed by atoms with Crippen LogP contribution in [-0.4, -0.2) is 54.9 Å². The Morgan fingerprint density at radius 2 is 1.73 bits per heavy atom. The molecule has 1 aromatic carbocycles. The molecule has 1 aromatic rings. The Hall–Kier alpha value is -1.92. The highest BCUT2D eigenvalue weighted by Gasteiger charge is 2.33. The number of carbonyl (C=O) groups is 2. The van der Waals surface area contributed by atoms with Gasteiger partial charge in [-0.05, 0) is 5.56 Å². The lowest BCUT2D eigenvalue weighted by atomic mass is 10.1. The second-order valence-corrected chi connectivity index (χ2v) is 5.22. The molecule has 0 radical (unpaired) electrons. The Bertz CT molecular complexity index is 475. The molecule has 6 nitrogen and oxygen atoms in total. The summed E-state index contributed by atoms with van der Waals surface area (Å²) in [5.74, 6) is -1.50. The summed E-state index contributed by atoms with van der Waals surface area (Å²) < 4.78 is 9.89. The number of ether oxygens (including phenoxy) is 2. The standard InChI is InChI=1S/C12H13NO3.C4H8O2/c14-11-6-10(12(15)16)8-13(11)7-9-4-2-1-3-5-9;1-2-6-4-3-5-1/h1-5,10H,6-8H2,(H,15,16);1-4H2. The molecule has 1 unspecified atom stereocenters. The predicted octanol–water partition coefficient (Wildman–Crippen LogP) is 1.15. The summed E-state index contributed by atoms with van der Waals surface area (Å²) >= 11 is 0. The summed E-state index contributed by atoms with van der Waals surface area (Å²) in [5, 5.41) is 8.84. The SMILES string of the molecule is C1COCCO1.O=C(O)C1CC(=O)N(Cc2ccccc2)C1. The molecule has 2 aliphatic heterocycles. The van der Waals surface area contributed by atoms with E-state index < -0.39 is 11.9 Å². The highest BCUT2D eigenvalue weighted by molar-refractivity contribution is 5.86. The van der Waals surface area contributed by atoms with Crippen molar-refractivity contribution in [3.05, 3.63) is 35.9 Å². The number of nitrogens with zero attached hydrogens (tertiary/aromatic N) is 1. The van der Waals surface area contributed by atoms with E-state index >= 15 is 0 Å². The fourth-order valence-corrected chi connectivity index (χ4v) is 2.33. The molecule has 0 aliphatic carbocycles. The van der Waals surface area contributed by atoms with Crippen LogP contribution in [0.25, 0.3) is 0 Å². The van der Waals surface area contributed by atoms with Gasteiger partial charge in [0, 0.05) is 19.5 Å². The third kappa shape index (κ3) is 5.13. The lowest BCUT2D eigenvalue weighted by molar-refractivity contribution is -0.141. The summed E-state index contributed by atoms with van der Waals surface area (Å²) in [7, 11) is 0. The first kappa shape index (κ1) is 16.5. The van der Waals surface area contributed by atoms with Crippen molar-refractivity contribution in [3.8, 4) is 0 Å². The number of hydrogen-bond acceptors (Lipinski definition) is 4. The zero-order chi connectivity index (χ0) is 15.8. The van der Waals surface area contributed by atoms with Crippen LogP contribution in [0.2, 0.25) is 0 Å². The molecule has 1 atom stereocenters. The molecule has 6 heteroatoms. The summed E-state index contributed by atoms with van der Waals surface area (Å²) in [4.78, 5) is 23.9. The maximum absolute atomic E-state index is 11.6. The van der Waals surface area contributed by atoms with Crippen LogP contribution >= 0.6 is 0 Å². The van der Waals surface area contributed by atoms with Crippen LogP contribution in [0, 0.1) is 5.92 Å². The Kier molecular flexibility index (Phi) is 6.36. The van der Waals surface area contributed by atoms with E-state index in [9.17, 15) is 9.59 Å². The average Bonchev–Trinajstić information content (AvgIpc) is 2.92. The van der Waals surface area contributed by atoms with Gasteiger partial charge in [0.1, 0.15) is 0 Å². The van der Waals surface area contributed by atoms with Gasteiger partial charge in [0.2, 0.25) is 5.91 Å². The first-order chi connectivity index (χ1) is 10.7. The van der Waals surface area contributed by atoms with Crippen LogP contribution in [0.3, 0.4) is 0 Å².